The molecule has 0 bridgehead atoms. The zero-order valence-corrected chi connectivity index (χ0v) is 20.3. The number of carbonyl (C=O) groups excluding carboxylic acids is 1. The number of rotatable bonds is 7. The van der Waals surface area contributed by atoms with Crippen molar-refractivity contribution >= 4 is 15.9 Å². The molecule has 7 heteroatoms. The monoisotopic (exact) mass is 478 g/mol. The molecule has 1 atom stereocenters. The fourth-order valence-corrected chi connectivity index (χ4v) is 5.61. The van der Waals surface area contributed by atoms with Crippen LogP contribution in [-0.4, -0.2) is 39.4 Å². The van der Waals surface area contributed by atoms with Crippen molar-refractivity contribution in [2.24, 2.45) is 0 Å². The lowest BCUT2D eigenvalue weighted by molar-refractivity contribution is 0.0720. The van der Waals surface area contributed by atoms with Gasteiger partial charge in [0.15, 0.2) is 0 Å². The molecule has 3 aromatic carbocycles. The SMILES string of the molecule is COc1ccc(S(=O)(=O)N[C@H](c2ccccc2)c2ccccc2C)cc1C(=O)N1CCCCC1. The molecule has 1 aliphatic heterocycles. The lowest BCUT2D eigenvalue weighted by Gasteiger charge is -2.27. The average molecular weight is 479 g/mol. The number of ether oxygens (including phenoxy) is 1. The first kappa shape index (κ1) is 24.0. The van der Waals surface area contributed by atoms with Gasteiger partial charge in [0, 0.05) is 13.1 Å². The van der Waals surface area contributed by atoms with Crippen LogP contribution in [0.4, 0.5) is 0 Å². The van der Waals surface area contributed by atoms with Gasteiger partial charge in [-0.25, -0.2) is 8.42 Å². The van der Waals surface area contributed by atoms with Crippen LogP contribution in [0.15, 0.2) is 77.7 Å². The summed E-state index contributed by atoms with van der Waals surface area (Å²) in [4.78, 5) is 15.0. The van der Waals surface area contributed by atoms with Crippen LogP contribution in [0, 0.1) is 6.92 Å². The molecule has 1 N–H and O–H groups in total. The molecule has 0 spiro atoms. The Hall–Kier alpha value is -3.16. The third kappa shape index (κ3) is 5.16. The van der Waals surface area contributed by atoms with Gasteiger partial charge in [-0.3, -0.25) is 4.79 Å². The number of hydrogen-bond acceptors (Lipinski definition) is 4. The van der Waals surface area contributed by atoms with Crippen molar-refractivity contribution in [3.63, 3.8) is 0 Å². The number of carbonyl (C=O) groups is 1. The number of amides is 1. The standard InChI is InChI=1S/C27H30N2O4S/c1-20-11-7-8-14-23(20)26(21-12-5-3-6-13-21)28-34(31,32)22-15-16-25(33-2)24(19-22)27(30)29-17-9-4-10-18-29/h3,5-8,11-16,19,26,28H,4,9-10,17-18H2,1-2H3/t26-/m1/s1. The smallest absolute Gasteiger partial charge is 0.257 e. The van der Waals surface area contributed by atoms with Crippen molar-refractivity contribution in [2.75, 3.05) is 20.2 Å². The third-order valence-corrected chi connectivity index (χ3v) is 7.68. The maximum absolute atomic E-state index is 13.6. The van der Waals surface area contributed by atoms with Crippen molar-refractivity contribution in [2.45, 2.75) is 37.1 Å². The Bertz CT molecular complexity index is 1250. The van der Waals surface area contributed by atoms with Crippen LogP contribution in [0.25, 0.3) is 0 Å². The van der Waals surface area contributed by atoms with Crippen molar-refractivity contribution in [1.29, 1.82) is 0 Å². The van der Waals surface area contributed by atoms with E-state index in [1.54, 1.807) is 11.0 Å². The minimum atomic E-state index is -3.96. The number of sulfonamides is 1. The first-order chi connectivity index (χ1) is 16.4. The maximum atomic E-state index is 13.6. The quantitative estimate of drug-likeness (QED) is 0.534. The second-order valence-electron chi connectivity index (χ2n) is 8.54. The van der Waals surface area contributed by atoms with Gasteiger partial charge in [-0.15, -0.1) is 0 Å². The van der Waals surface area contributed by atoms with E-state index >= 15 is 0 Å². The van der Waals surface area contributed by atoms with Crippen molar-refractivity contribution in [3.8, 4) is 5.75 Å². The van der Waals surface area contributed by atoms with E-state index in [4.69, 9.17) is 4.74 Å². The van der Waals surface area contributed by atoms with Crippen LogP contribution in [0.1, 0.15) is 52.4 Å². The van der Waals surface area contributed by atoms with Crippen molar-refractivity contribution in [1.82, 2.24) is 9.62 Å². The molecule has 0 unspecified atom stereocenters. The Labute approximate surface area is 201 Å². The summed E-state index contributed by atoms with van der Waals surface area (Å²) in [6.45, 7) is 3.30. The van der Waals surface area contributed by atoms with Crippen molar-refractivity contribution < 1.29 is 17.9 Å². The van der Waals surface area contributed by atoms with Crippen LogP contribution >= 0.6 is 0 Å². The Balaban J connectivity index is 1.71. The summed E-state index contributed by atoms with van der Waals surface area (Å²) in [5, 5.41) is 0. The fraction of sp³-hybridized carbons (Fsp3) is 0.296. The summed E-state index contributed by atoms with van der Waals surface area (Å²) in [6, 6.07) is 21.1. The highest BCUT2D eigenvalue weighted by Crippen LogP contribution is 2.29. The molecule has 178 valence electrons. The minimum absolute atomic E-state index is 0.0307. The molecule has 34 heavy (non-hydrogen) atoms. The van der Waals surface area contributed by atoms with Gasteiger partial charge >= 0.3 is 0 Å². The molecular weight excluding hydrogens is 448 g/mol. The number of benzene rings is 3. The molecule has 1 aliphatic rings. The van der Waals surface area contributed by atoms with E-state index < -0.39 is 16.1 Å². The maximum Gasteiger partial charge on any atom is 0.257 e. The van der Waals surface area contributed by atoms with Crippen LogP contribution in [-0.2, 0) is 10.0 Å². The van der Waals surface area contributed by atoms with Gasteiger partial charge in [-0.2, -0.15) is 4.72 Å². The van der Waals surface area contributed by atoms with Crippen molar-refractivity contribution in [3.05, 3.63) is 95.1 Å². The second-order valence-corrected chi connectivity index (χ2v) is 10.3. The first-order valence-corrected chi connectivity index (χ1v) is 13.0. The number of methoxy groups -OCH3 is 1. The number of nitrogens with one attached hydrogen (secondary N) is 1. The summed E-state index contributed by atoms with van der Waals surface area (Å²) in [5.41, 5.74) is 2.95. The molecular formula is C27H30N2O4S. The number of likely N-dealkylation sites (tertiary alicyclic amines) is 1. The third-order valence-electron chi connectivity index (χ3n) is 6.26. The van der Waals surface area contributed by atoms with Gasteiger partial charge in [-0.1, -0.05) is 54.6 Å². The topological polar surface area (TPSA) is 75.7 Å². The lowest BCUT2D eigenvalue weighted by atomic mass is 9.96. The normalized spacial score (nSPS) is 15.1. The Morgan fingerprint density at radius 1 is 0.941 bits per heavy atom. The molecule has 0 aliphatic carbocycles. The van der Waals surface area contributed by atoms with Gasteiger partial charge < -0.3 is 9.64 Å². The van der Waals surface area contributed by atoms with Crippen LogP contribution in [0.2, 0.25) is 0 Å². The summed E-state index contributed by atoms with van der Waals surface area (Å²) < 4.78 is 35.4. The van der Waals surface area contributed by atoms with Gasteiger partial charge in [-0.05, 0) is 61.1 Å². The molecule has 1 heterocycles. The highest BCUT2D eigenvalue weighted by atomic mass is 32.2. The van der Waals surface area contributed by atoms with Crippen LogP contribution in [0.3, 0.4) is 0 Å². The first-order valence-electron chi connectivity index (χ1n) is 11.5. The number of nitrogens with zero attached hydrogens (tertiary/aromatic N) is 1. The number of aryl methyl sites for hydroxylation is 1. The van der Waals surface area contributed by atoms with E-state index in [2.05, 4.69) is 4.72 Å². The van der Waals surface area contributed by atoms with E-state index in [0.29, 0.717) is 18.8 Å². The average Bonchev–Trinajstić information content (AvgIpc) is 2.88. The molecule has 0 aromatic heterocycles. The number of hydrogen-bond donors (Lipinski definition) is 1. The lowest BCUT2D eigenvalue weighted by Crippen LogP contribution is -2.36. The zero-order valence-electron chi connectivity index (χ0n) is 19.5. The Kier molecular flexibility index (Phi) is 7.34. The second kappa shape index (κ2) is 10.4. The van der Waals surface area contributed by atoms with Gasteiger partial charge in [0.25, 0.3) is 5.91 Å². The predicted molar refractivity (Wildman–Crippen MR) is 133 cm³/mol. The van der Waals surface area contributed by atoms with E-state index in [-0.39, 0.29) is 16.4 Å². The minimum Gasteiger partial charge on any atom is -0.496 e. The van der Waals surface area contributed by atoms with E-state index in [1.165, 1.54) is 19.2 Å². The van der Waals surface area contributed by atoms with E-state index in [9.17, 15) is 13.2 Å². The molecule has 1 saturated heterocycles. The summed E-state index contributed by atoms with van der Waals surface area (Å²) in [7, 11) is -2.48. The predicted octanol–water partition coefficient (Wildman–Crippen LogP) is 4.70. The molecule has 0 radical (unpaired) electrons. The molecule has 4 rings (SSSR count). The zero-order chi connectivity index (χ0) is 24.1. The van der Waals surface area contributed by atoms with Gasteiger partial charge in [0.05, 0.1) is 23.6 Å². The Morgan fingerprint density at radius 2 is 1.62 bits per heavy atom. The van der Waals surface area contributed by atoms with Crippen LogP contribution in [0.5, 0.6) is 5.75 Å². The highest BCUT2D eigenvalue weighted by molar-refractivity contribution is 7.89. The Morgan fingerprint density at radius 3 is 2.29 bits per heavy atom. The molecule has 1 amide bonds. The molecule has 3 aromatic rings. The van der Waals surface area contributed by atoms with Crippen LogP contribution < -0.4 is 9.46 Å². The fourth-order valence-electron chi connectivity index (χ4n) is 4.38. The van der Waals surface area contributed by atoms with E-state index in [1.807, 2.05) is 61.5 Å². The van der Waals surface area contributed by atoms with Gasteiger partial charge in [0.1, 0.15) is 5.75 Å². The summed E-state index contributed by atoms with van der Waals surface area (Å²) in [6.07, 6.45) is 2.99. The summed E-state index contributed by atoms with van der Waals surface area (Å²) >= 11 is 0. The molecule has 6 nitrogen and oxygen atoms in total. The van der Waals surface area contributed by atoms with Gasteiger partial charge in [0.2, 0.25) is 10.0 Å². The highest BCUT2D eigenvalue weighted by Gasteiger charge is 2.27. The summed E-state index contributed by atoms with van der Waals surface area (Å²) in [5.74, 6) is 0.167. The number of piperidine rings is 1. The molecule has 1 fully saturated rings. The molecule has 0 saturated carbocycles. The largest absolute Gasteiger partial charge is 0.496 e. The van der Waals surface area contributed by atoms with E-state index in [0.717, 1.165) is 36.0 Å².